The molecule has 4 aliphatic rings. The van der Waals surface area contributed by atoms with Crippen molar-refractivity contribution in [3.8, 4) is 0 Å². The van der Waals surface area contributed by atoms with Gasteiger partial charge in [-0.25, -0.2) is 0 Å². The van der Waals surface area contributed by atoms with Crippen LogP contribution in [0.5, 0.6) is 0 Å². The van der Waals surface area contributed by atoms with Gasteiger partial charge in [0.1, 0.15) is 11.9 Å². The minimum atomic E-state index is -0.746. The first-order valence-electron chi connectivity index (χ1n) is 12.4. The van der Waals surface area contributed by atoms with E-state index in [1.165, 1.54) is 6.92 Å². The van der Waals surface area contributed by atoms with Gasteiger partial charge in [-0.2, -0.15) is 0 Å². The lowest BCUT2D eigenvalue weighted by Gasteiger charge is -2.68. The van der Waals surface area contributed by atoms with E-state index in [9.17, 15) is 19.5 Å². The summed E-state index contributed by atoms with van der Waals surface area (Å²) in [6.45, 7) is 11.6. The zero-order valence-corrected chi connectivity index (χ0v) is 21.0. The molecule has 0 unspecified atom stereocenters. The van der Waals surface area contributed by atoms with E-state index in [2.05, 4.69) is 20.8 Å². The largest absolute Gasteiger partial charge is 0.472 e. The highest BCUT2D eigenvalue weighted by atomic mass is 16.5. The third kappa shape index (κ3) is 2.75. The van der Waals surface area contributed by atoms with Crippen LogP contribution in [0.25, 0.3) is 0 Å². The number of allylic oxidation sites excluding steroid dienone is 2. The topological polar surface area (TPSA) is 93.8 Å². The fraction of sp³-hybridized carbons (Fsp3) is 0.679. The molecular weight excluding hydrogens is 432 g/mol. The quantitative estimate of drug-likeness (QED) is 0.644. The van der Waals surface area contributed by atoms with Gasteiger partial charge in [-0.15, -0.1) is 0 Å². The van der Waals surface area contributed by atoms with Crippen LogP contribution in [0.15, 0.2) is 35.2 Å². The van der Waals surface area contributed by atoms with Crippen molar-refractivity contribution in [2.75, 3.05) is 0 Å². The summed E-state index contributed by atoms with van der Waals surface area (Å²) < 4.78 is 11.4. The lowest BCUT2D eigenvalue weighted by atomic mass is 9.36. The second kappa shape index (κ2) is 7.16. The predicted octanol–water partition coefficient (Wildman–Crippen LogP) is 4.47. The lowest BCUT2D eigenvalue weighted by Crippen LogP contribution is -2.69. The molecule has 3 saturated carbocycles. The maximum Gasteiger partial charge on any atom is 0.302 e. The molecule has 0 bridgehead atoms. The molecule has 6 nitrogen and oxygen atoms in total. The second-order valence-electron chi connectivity index (χ2n) is 12.4. The first-order valence-corrected chi connectivity index (χ1v) is 12.4. The van der Waals surface area contributed by atoms with E-state index in [1.807, 2.05) is 26.0 Å². The first-order chi connectivity index (χ1) is 15.8. The molecule has 1 heterocycles. The van der Waals surface area contributed by atoms with Crippen LogP contribution in [-0.4, -0.2) is 34.9 Å². The molecule has 0 spiro atoms. The Kier molecular flexibility index (Phi) is 4.95. The molecule has 34 heavy (non-hydrogen) atoms. The summed E-state index contributed by atoms with van der Waals surface area (Å²) in [4.78, 5) is 39.0. The second-order valence-corrected chi connectivity index (χ2v) is 12.4. The Hall–Kier alpha value is -2.21. The number of aliphatic hydroxyl groups is 1. The number of rotatable bonds is 2. The van der Waals surface area contributed by atoms with Gasteiger partial charge in [0.15, 0.2) is 5.78 Å². The smallest absolute Gasteiger partial charge is 0.302 e. The van der Waals surface area contributed by atoms with Crippen LogP contribution >= 0.6 is 0 Å². The molecule has 4 aliphatic carbocycles. The van der Waals surface area contributed by atoms with Gasteiger partial charge in [0.05, 0.1) is 18.6 Å². The van der Waals surface area contributed by atoms with Crippen LogP contribution < -0.4 is 0 Å². The Balaban J connectivity index is 1.70. The van der Waals surface area contributed by atoms with Crippen LogP contribution in [0.3, 0.4) is 0 Å². The summed E-state index contributed by atoms with van der Waals surface area (Å²) in [5.41, 5.74) is -1.50. The summed E-state index contributed by atoms with van der Waals surface area (Å²) >= 11 is 0. The molecule has 0 amide bonds. The fourth-order valence-electron chi connectivity index (χ4n) is 9.03. The molecule has 0 aromatic carbocycles. The standard InChI is InChI=1S/C28H36O6/c1-15(29)34-23-13-20-26(4)9-7-21(31)25(2,3)19(26)12-22(32)28(20,6)24-18(30)11-17(27(23,24)5)16-8-10-33-14-16/h7-10,14,17,19-20,22-24,32H,11-13H2,1-6H3/t17-,19-,20+,22+,23-,24-,26-,27+,28-/m0/s1. The summed E-state index contributed by atoms with van der Waals surface area (Å²) in [6, 6.07) is 1.89. The van der Waals surface area contributed by atoms with E-state index in [0.29, 0.717) is 19.3 Å². The van der Waals surface area contributed by atoms with Crippen LogP contribution in [-0.2, 0) is 19.1 Å². The first kappa shape index (κ1) is 23.5. The number of hydrogen-bond donors (Lipinski definition) is 1. The average Bonchev–Trinajstić information content (AvgIpc) is 3.36. The summed E-state index contributed by atoms with van der Waals surface area (Å²) in [5.74, 6) is -1.05. The monoisotopic (exact) mass is 468 g/mol. The van der Waals surface area contributed by atoms with E-state index in [-0.39, 0.29) is 35.3 Å². The highest BCUT2D eigenvalue weighted by Gasteiger charge is 2.74. The summed E-state index contributed by atoms with van der Waals surface area (Å²) in [5, 5.41) is 11.8. The SMILES string of the molecule is CC(=O)O[C@H]1C[C@@H]2[C@@]3(C)C=CC(=O)C(C)(C)[C@@H]3C[C@@H](O)[C@@]2(C)[C@H]2C(=O)C[C@@H](c3ccoc3)[C@@]21C. The highest BCUT2D eigenvalue weighted by molar-refractivity contribution is 5.96. The molecule has 184 valence electrons. The molecule has 1 aromatic rings. The number of aliphatic hydroxyl groups excluding tert-OH is 1. The number of ether oxygens (including phenoxy) is 1. The van der Waals surface area contributed by atoms with Crippen molar-refractivity contribution < 1.29 is 28.6 Å². The zero-order chi connectivity index (χ0) is 24.8. The number of hydrogen-bond acceptors (Lipinski definition) is 6. The maximum absolute atomic E-state index is 13.8. The maximum atomic E-state index is 13.8. The molecule has 6 heteroatoms. The van der Waals surface area contributed by atoms with Gasteiger partial charge in [-0.3, -0.25) is 14.4 Å². The minimum Gasteiger partial charge on any atom is -0.472 e. The Morgan fingerprint density at radius 3 is 2.41 bits per heavy atom. The number of carbonyl (C=O) groups excluding carboxylic acids is 3. The van der Waals surface area contributed by atoms with Gasteiger partial charge >= 0.3 is 5.97 Å². The van der Waals surface area contributed by atoms with Gasteiger partial charge in [0.25, 0.3) is 0 Å². The molecule has 1 aromatic heterocycles. The molecule has 3 fully saturated rings. The Morgan fingerprint density at radius 1 is 1.09 bits per heavy atom. The molecule has 0 saturated heterocycles. The molecule has 0 aliphatic heterocycles. The van der Waals surface area contributed by atoms with Crippen molar-refractivity contribution in [1.82, 2.24) is 0 Å². The third-order valence-corrected chi connectivity index (χ3v) is 10.6. The highest BCUT2D eigenvalue weighted by Crippen LogP contribution is 2.73. The van der Waals surface area contributed by atoms with Crippen LogP contribution in [0, 0.1) is 39.4 Å². The van der Waals surface area contributed by atoms with Gasteiger partial charge in [0.2, 0.25) is 0 Å². The van der Waals surface area contributed by atoms with E-state index in [0.717, 1.165) is 5.56 Å². The molecule has 9 atom stereocenters. The Bertz CT molecular complexity index is 1070. The van der Waals surface area contributed by atoms with Crippen molar-refractivity contribution in [2.45, 2.75) is 78.9 Å². The number of furan rings is 1. The fourth-order valence-corrected chi connectivity index (χ4v) is 9.03. The van der Waals surface area contributed by atoms with Gasteiger partial charge in [-0.1, -0.05) is 40.7 Å². The van der Waals surface area contributed by atoms with Crippen LogP contribution in [0.1, 0.15) is 72.3 Å². The molecule has 1 N–H and O–H groups in total. The minimum absolute atomic E-state index is 0.0694. The number of ketones is 2. The predicted molar refractivity (Wildman–Crippen MR) is 125 cm³/mol. The molecule has 0 radical (unpaired) electrons. The normalized spacial score (nSPS) is 47.0. The summed E-state index contributed by atoms with van der Waals surface area (Å²) in [7, 11) is 0. The van der Waals surface area contributed by atoms with Gasteiger partial charge in [0, 0.05) is 41.4 Å². The lowest BCUT2D eigenvalue weighted by molar-refractivity contribution is -0.238. The van der Waals surface area contributed by atoms with E-state index in [4.69, 9.17) is 9.15 Å². The van der Waals surface area contributed by atoms with Crippen molar-refractivity contribution >= 4 is 17.5 Å². The van der Waals surface area contributed by atoms with Crippen LogP contribution in [0.4, 0.5) is 0 Å². The Labute approximate surface area is 201 Å². The molecular formula is C28H36O6. The zero-order valence-electron chi connectivity index (χ0n) is 21.0. The van der Waals surface area contributed by atoms with E-state index >= 15 is 0 Å². The van der Waals surface area contributed by atoms with Crippen LogP contribution in [0.2, 0.25) is 0 Å². The van der Waals surface area contributed by atoms with Gasteiger partial charge in [-0.05, 0) is 47.8 Å². The van der Waals surface area contributed by atoms with E-state index < -0.39 is 39.8 Å². The number of esters is 1. The van der Waals surface area contributed by atoms with E-state index in [1.54, 1.807) is 18.6 Å². The number of Topliss-reactive ketones (excluding diaryl/α,β-unsaturated/α-hetero) is 1. The number of carbonyl (C=O) groups is 3. The van der Waals surface area contributed by atoms with Gasteiger partial charge < -0.3 is 14.3 Å². The third-order valence-electron chi connectivity index (χ3n) is 10.6. The molecule has 5 rings (SSSR count). The summed E-state index contributed by atoms with van der Waals surface area (Å²) in [6.07, 6.45) is 7.07. The van der Waals surface area contributed by atoms with Crippen molar-refractivity contribution in [1.29, 1.82) is 0 Å². The Morgan fingerprint density at radius 2 is 1.79 bits per heavy atom. The van der Waals surface area contributed by atoms with Crippen molar-refractivity contribution in [3.63, 3.8) is 0 Å². The van der Waals surface area contributed by atoms with Crippen molar-refractivity contribution in [3.05, 3.63) is 36.3 Å². The average molecular weight is 469 g/mol. The van der Waals surface area contributed by atoms with Crippen molar-refractivity contribution in [2.24, 2.45) is 39.4 Å². The number of fused-ring (bicyclic) bond motifs is 5.